The Kier molecular flexibility index (Phi) is 5.38. The van der Waals surface area contributed by atoms with Crippen LogP contribution >= 0.6 is 0 Å². The number of benzene rings is 1. The SMILES string of the molecule is NCC1CCCCN1C(=O)NCc1ccc(CO)cc1. The van der Waals surface area contributed by atoms with Gasteiger partial charge in [-0.15, -0.1) is 0 Å². The van der Waals surface area contributed by atoms with Crippen LogP contribution in [0.15, 0.2) is 24.3 Å². The van der Waals surface area contributed by atoms with E-state index in [1.807, 2.05) is 29.2 Å². The Hall–Kier alpha value is -1.59. The topological polar surface area (TPSA) is 78.6 Å². The normalized spacial score (nSPS) is 18.9. The van der Waals surface area contributed by atoms with E-state index in [1.54, 1.807) is 0 Å². The van der Waals surface area contributed by atoms with Gasteiger partial charge in [0.05, 0.1) is 6.61 Å². The minimum Gasteiger partial charge on any atom is -0.392 e. The predicted octanol–water partition coefficient (Wildman–Crippen LogP) is 1.20. The smallest absolute Gasteiger partial charge is 0.317 e. The number of aliphatic hydroxyl groups excluding tert-OH is 1. The number of nitrogens with one attached hydrogen (secondary N) is 1. The maximum absolute atomic E-state index is 12.2. The highest BCUT2D eigenvalue weighted by Crippen LogP contribution is 2.16. The Bertz CT molecular complexity index is 433. The molecule has 2 amide bonds. The van der Waals surface area contributed by atoms with Crippen molar-refractivity contribution in [2.24, 2.45) is 5.73 Å². The summed E-state index contributed by atoms with van der Waals surface area (Å²) < 4.78 is 0. The zero-order valence-corrected chi connectivity index (χ0v) is 11.7. The van der Waals surface area contributed by atoms with Gasteiger partial charge in [0, 0.05) is 25.7 Å². The first-order chi connectivity index (χ1) is 9.74. The van der Waals surface area contributed by atoms with Gasteiger partial charge in [-0.25, -0.2) is 4.79 Å². The Labute approximate surface area is 119 Å². The standard InChI is InChI=1S/C15H23N3O2/c16-9-14-3-1-2-8-18(14)15(20)17-10-12-4-6-13(11-19)7-5-12/h4-7,14,19H,1-3,8-11,16H2,(H,17,20). The summed E-state index contributed by atoms with van der Waals surface area (Å²) in [6.07, 6.45) is 3.19. The summed E-state index contributed by atoms with van der Waals surface area (Å²) in [5.74, 6) is 0. The minimum atomic E-state index is -0.0358. The number of nitrogens with zero attached hydrogens (tertiary/aromatic N) is 1. The van der Waals surface area contributed by atoms with Crippen molar-refractivity contribution in [1.29, 1.82) is 0 Å². The Morgan fingerprint density at radius 2 is 2.00 bits per heavy atom. The number of rotatable bonds is 4. The van der Waals surface area contributed by atoms with Gasteiger partial charge in [0.1, 0.15) is 0 Å². The first-order valence-corrected chi connectivity index (χ1v) is 7.18. The third-order valence-electron chi connectivity index (χ3n) is 3.81. The van der Waals surface area contributed by atoms with Crippen LogP contribution in [0.4, 0.5) is 4.79 Å². The second-order valence-corrected chi connectivity index (χ2v) is 5.21. The maximum Gasteiger partial charge on any atom is 0.317 e. The molecule has 0 radical (unpaired) electrons. The van der Waals surface area contributed by atoms with Gasteiger partial charge in [-0.1, -0.05) is 24.3 Å². The van der Waals surface area contributed by atoms with E-state index in [4.69, 9.17) is 10.8 Å². The largest absolute Gasteiger partial charge is 0.392 e. The van der Waals surface area contributed by atoms with Crippen LogP contribution in [0.5, 0.6) is 0 Å². The quantitative estimate of drug-likeness (QED) is 0.774. The molecule has 20 heavy (non-hydrogen) atoms. The van der Waals surface area contributed by atoms with Gasteiger partial charge in [0.25, 0.3) is 0 Å². The number of nitrogens with two attached hydrogens (primary N) is 1. The second-order valence-electron chi connectivity index (χ2n) is 5.21. The zero-order chi connectivity index (χ0) is 14.4. The van der Waals surface area contributed by atoms with Crippen molar-refractivity contribution in [3.8, 4) is 0 Å². The molecule has 0 spiro atoms. The number of likely N-dealkylation sites (tertiary alicyclic amines) is 1. The molecule has 1 aliphatic rings. The van der Waals surface area contributed by atoms with Gasteiger partial charge in [-0.05, 0) is 30.4 Å². The van der Waals surface area contributed by atoms with Crippen molar-refractivity contribution >= 4 is 6.03 Å². The summed E-state index contributed by atoms with van der Waals surface area (Å²) >= 11 is 0. The van der Waals surface area contributed by atoms with Crippen molar-refractivity contribution in [2.75, 3.05) is 13.1 Å². The number of aliphatic hydroxyl groups is 1. The van der Waals surface area contributed by atoms with Gasteiger partial charge in [-0.3, -0.25) is 0 Å². The number of urea groups is 1. The molecule has 1 unspecified atom stereocenters. The molecule has 2 rings (SSSR count). The summed E-state index contributed by atoms with van der Waals surface area (Å²) in [4.78, 5) is 14.0. The summed E-state index contributed by atoms with van der Waals surface area (Å²) in [5.41, 5.74) is 7.62. The third-order valence-corrected chi connectivity index (χ3v) is 3.81. The molecule has 5 nitrogen and oxygen atoms in total. The average molecular weight is 277 g/mol. The maximum atomic E-state index is 12.2. The summed E-state index contributed by atoms with van der Waals surface area (Å²) in [6, 6.07) is 7.70. The predicted molar refractivity (Wildman–Crippen MR) is 78.0 cm³/mol. The monoisotopic (exact) mass is 277 g/mol. The molecule has 1 aliphatic heterocycles. The fourth-order valence-corrected chi connectivity index (χ4v) is 2.55. The van der Waals surface area contributed by atoms with Crippen molar-refractivity contribution in [2.45, 2.75) is 38.5 Å². The van der Waals surface area contributed by atoms with Crippen LogP contribution in [-0.2, 0) is 13.2 Å². The molecule has 1 saturated heterocycles. The molecule has 0 aromatic heterocycles. The minimum absolute atomic E-state index is 0.0358. The van der Waals surface area contributed by atoms with E-state index in [2.05, 4.69) is 5.32 Å². The van der Waals surface area contributed by atoms with Crippen molar-refractivity contribution in [1.82, 2.24) is 10.2 Å². The molecule has 5 heteroatoms. The first-order valence-electron chi connectivity index (χ1n) is 7.18. The molecule has 1 atom stereocenters. The van der Waals surface area contributed by atoms with Crippen molar-refractivity contribution < 1.29 is 9.90 Å². The van der Waals surface area contributed by atoms with Crippen molar-refractivity contribution in [3.05, 3.63) is 35.4 Å². The number of amides is 2. The highest BCUT2D eigenvalue weighted by molar-refractivity contribution is 5.74. The van der Waals surface area contributed by atoms with Crippen LogP contribution in [0.1, 0.15) is 30.4 Å². The van der Waals surface area contributed by atoms with Crippen molar-refractivity contribution in [3.63, 3.8) is 0 Å². The molecule has 1 heterocycles. The number of piperidine rings is 1. The van der Waals surface area contributed by atoms with E-state index in [-0.39, 0.29) is 18.7 Å². The van der Waals surface area contributed by atoms with Crippen LogP contribution < -0.4 is 11.1 Å². The molecule has 4 N–H and O–H groups in total. The van der Waals surface area contributed by atoms with E-state index in [1.165, 1.54) is 0 Å². The molecule has 0 saturated carbocycles. The van der Waals surface area contributed by atoms with E-state index in [0.29, 0.717) is 13.1 Å². The number of hydrogen-bond acceptors (Lipinski definition) is 3. The van der Waals surface area contributed by atoms with E-state index in [0.717, 1.165) is 36.9 Å². The average Bonchev–Trinajstić information content (AvgIpc) is 2.53. The molecule has 0 bridgehead atoms. The molecule has 1 aromatic rings. The third kappa shape index (κ3) is 3.71. The van der Waals surface area contributed by atoms with Gasteiger partial charge >= 0.3 is 6.03 Å². The van der Waals surface area contributed by atoms with Crippen LogP contribution in [0, 0.1) is 0 Å². The lowest BCUT2D eigenvalue weighted by atomic mass is 10.0. The summed E-state index contributed by atoms with van der Waals surface area (Å²) in [7, 11) is 0. The van der Waals surface area contributed by atoms with E-state index in [9.17, 15) is 4.79 Å². The Morgan fingerprint density at radius 3 is 2.65 bits per heavy atom. The Balaban J connectivity index is 1.87. The second kappa shape index (κ2) is 7.26. The number of hydrogen-bond donors (Lipinski definition) is 3. The van der Waals surface area contributed by atoms with Gasteiger partial charge < -0.3 is 21.1 Å². The highest BCUT2D eigenvalue weighted by Gasteiger charge is 2.25. The van der Waals surface area contributed by atoms with E-state index >= 15 is 0 Å². The molecule has 1 fully saturated rings. The summed E-state index contributed by atoms with van der Waals surface area (Å²) in [6.45, 7) is 1.85. The molecular weight excluding hydrogens is 254 g/mol. The molecule has 0 aliphatic carbocycles. The molecule has 110 valence electrons. The highest BCUT2D eigenvalue weighted by atomic mass is 16.3. The molecular formula is C15H23N3O2. The van der Waals surface area contributed by atoms with Gasteiger partial charge in [0.2, 0.25) is 0 Å². The van der Waals surface area contributed by atoms with Gasteiger partial charge in [0.15, 0.2) is 0 Å². The van der Waals surface area contributed by atoms with Crippen LogP contribution in [0.25, 0.3) is 0 Å². The molecule has 1 aromatic carbocycles. The lowest BCUT2D eigenvalue weighted by Gasteiger charge is -2.35. The number of carbonyl (C=O) groups is 1. The lowest BCUT2D eigenvalue weighted by molar-refractivity contribution is 0.153. The first kappa shape index (κ1) is 14.8. The number of carbonyl (C=O) groups excluding carboxylic acids is 1. The lowest BCUT2D eigenvalue weighted by Crippen LogP contribution is -2.51. The van der Waals surface area contributed by atoms with Crippen LogP contribution in [0.2, 0.25) is 0 Å². The van der Waals surface area contributed by atoms with Gasteiger partial charge in [-0.2, -0.15) is 0 Å². The zero-order valence-electron chi connectivity index (χ0n) is 11.7. The van der Waals surface area contributed by atoms with Crippen LogP contribution in [-0.4, -0.2) is 35.2 Å². The fraction of sp³-hybridized carbons (Fsp3) is 0.533. The fourth-order valence-electron chi connectivity index (χ4n) is 2.55. The Morgan fingerprint density at radius 1 is 1.30 bits per heavy atom. The van der Waals surface area contributed by atoms with E-state index < -0.39 is 0 Å². The summed E-state index contributed by atoms with van der Waals surface area (Å²) in [5, 5.41) is 11.9. The van der Waals surface area contributed by atoms with Crippen LogP contribution in [0.3, 0.4) is 0 Å².